The van der Waals surface area contributed by atoms with Crippen molar-refractivity contribution in [3.63, 3.8) is 0 Å². The molecule has 1 aliphatic heterocycles. The third-order valence-corrected chi connectivity index (χ3v) is 3.42. The monoisotopic (exact) mass is 319 g/mol. The Morgan fingerprint density at radius 1 is 1.43 bits per heavy atom. The van der Waals surface area contributed by atoms with Crippen LogP contribution in [-0.4, -0.2) is 31.8 Å². The molecule has 21 heavy (non-hydrogen) atoms. The van der Waals surface area contributed by atoms with Crippen LogP contribution >= 0.6 is 11.6 Å². The first-order chi connectivity index (χ1) is 9.75. The summed E-state index contributed by atoms with van der Waals surface area (Å²) in [7, 11) is 1.29. The second kappa shape index (κ2) is 5.60. The van der Waals surface area contributed by atoms with E-state index in [2.05, 4.69) is 0 Å². The van der Waals surface area contributed by atoms with Crippen LogP contribution in [-0.2, 0) is 9.53 Å². The number of ether oxygens (including phenoxy) is 1. The van der Waals surface area contributed by atoms with Gasteiger partial charge in [-0.3, -0.25) is 0 Å². The normalized spacial score (nSPS) is 18.1. The van der Waals surface area contributed by atoms with Crippen LogP contribution < -0.4 is 4.90 Å². The fourth-order valence-electron chi connectivity index (χ4n) is 2.34. The number of esters is 1. The van der Waals surface area contributed by atoms with Gasteiger partial charge in [0, 0.05) is 17.8 Å². The van der Waals surface area contributed by atoms with Crippen LogP contribution in [0.15, 0.2) is 23.8 Å². The van der Waals surface area contributed by atoms with Crippen molar-refractivity contribution in [3.05, 3.63) is 34.4 Å². The van der Waals surface area contributed by atoms with E-state index in [0.717, 1.165) is 4.90 Å². The highest BCUT2D eigenvalue weighted by molar-refractivity contribution is 6.30. The Morgan fingerprint density at radius 3 is 2.67 bits per heavy atom. The van der Waals surface area contributed by atoms with Crippen LogP contribution in [0.2, 0.25) is 5.02 Å². The number of hydrogen-bond acceptors (Lipinski definition) is 3. The highest BCUT2D eigenvalue weighted by Gasteiger charge is 2.49. The molecule has 0 spiro atoms. The summed E-state index contributed by atoms with van der Waals surface area (Å²) in [5.41, 5.74) is 0.366. The molecule has 0 amide bonds. The van der Waals surface area contributed by atoms with Crippen LogP contribution in [0.3, 0.4) is 0 Å². The Morgan fingerprint density at radius 2 is 2.10 bits per heavy atom. The fraction of sp³-hybridized carbons (Fsp3) is 0.357. The quantitative estimate of drug-likeness (QED) is 0.779. The highest BCUT2D eigenvalue weighted by Crippen LogP contribution is 2.40. The molecule has 0 N–H and O–H groups in total. The maximum atomic E-state index is 13.3. The molecular weight excluding hydrogens is 307 g/mol. The first-order valence-electron chi connectivity index (χ1n) is 6.23. The minimum absolute atomic E-state index is 0.00681. The van der Waals surface area contributed by atoms with E-state index in [1.807, 2.05) is 0 Å². The molecule has 0 saturated heterocycles. The Kier molecular flexibility index (Phi) is 4.18. The van der Waals surface area contributed by atoms with E-state index in [9.17, 15) is 18.0 Å². The topological polar surface area (TPSA) is 29.5 Å². The number of likely N-dealkylation sites (N-methyl/N-ethyl adjacent to an activating group) is 1. The van der Waals surface area contributed by atoms with Gasteiger partial charge in [-0.15, -0.1) is 0 Å². The predicted octanol–water partition coefficient (Wildman–Crippen LogP) is 3.67. The second-order valence-electron chi connectivity index (χ2n) is 4.58. The van der Waals surface area contributed by atoms with Crippen LogP contribution in [0.1, 0.15) is 12.5 Å². The van der Waals surface area contributed by atoms with Gasteiger partial charge in [0.1, 0.15) is 0 Å². The van der Waals surface area contributed by atoms with Crippen molar-refractivity contribution in [3.8, 4) is 0 Å². The van der Waals surface area contributed by atoms with E-state index in [1.165, 1.54) is 31.3 Å². The number of carbonyl (C=O) groups excluding carboxylic acids is 1. The molecule has 1 aromatic carbocycles. The third kappa shape index (κ3) is 3.00. The molecule has 0 aromatic heterocycles. The van der Waals surface area contributed by atoms with E-state index < -0.39 is 23.8 Å². The molecule has 1 aliphatic rings. The van der Waals surface area contributed by atoms with E-state index in [1.54, 1.807) is 6.92 Å². The van der Waals surface area contributed by atoms with E-state index in [4.69, 9.17) is 16.3 Å². The summed E-state index contributed by atoms with van der Waals surface area (Å²) in [4.78, 5) is 12.9. The first kappa shape index (κ1) is 15.7. The van der Waals surface area contributed by atoms with Gasteiger partial charge >= 0.3 is 12.1 Å². The third-order valence-electron chi connectivity index (χ3n) is 3.18. The molecule has 1 heterocycles. The number of hydrogen-bond donors (Lipinski definition) is 0. The lowest BCUT2D eigenvalue weighted by Crippen LogP contribution is -2.48. The molecule has 7 heteroatoms. The molecule has 0 radical (unpaired) electrons. The lowest BCUT2D eigenvalue weighted by atomic mass is 9.95. The van der Waals surface area contributed by atoms with Crippen molar-refractivity contribution in [1.29, 1.82) is 0 Å². The zero-order valence-corrected chi connectivity index (χ0v) is 12.1. The molecule has 1 atom stereocenters. The van der Waals surface area contributed by atoms with Gasteiger partial charge in [0.15, 0.2) is 6.04 Å². The SMILES string of the molecule is CCOC(=O)C1=Cc2cc(Cl)ccc2N(C)C1C(F)(F)F. The van der Waals surface area contributed by atoms with Crippen molar-refractivity contribution < 1.29 is 22.7 Å². The van der Waals surface area contributed by atoms with Gasteiger partial charge in [-0.05, 0) is 36.8 Å². The molecular formula is C14H13ClF3NO2. The number of alkyl halides is 3. The second-order valence-corrected chi connectivity index (χ2v) is 5.01. The van der Waals surface area contributed by atoms with Gasteiger partial charge in [-0.1, -0.05) is 11.6 Å². The van der Waals surface area contributed by atoms with Gasteiger partial charge in [0.2, 0.25) is 0 Å². The summed E-state index contributed by atoms with van der Waals surface area (Å²) in [6.45, 7) is 1.55. The van der Waals surface area contributed by atoms with Gasteiger partial charge in [-0.25, -0.2) is 4.79 Å². The van der Waals surface area contributed by atoms with E-state index in [-0.39, 0.29) is 6.61 Å². The highest BCUT2D eigenvalue weighted by atomic mass is 35.5. The average Bonchev–Trinajstić information content (AvgIpc) is 2.36. The molecule has 114 valence electrons. The average molecular weight is 320 g/mol. The number of carbonyl (C=O) groups is 1. The number of anilines is 1. The lowest BCUT2D eigenvalue weighted by molar-refractivity contribution is -0.152. The van der Waals surface area contributed by atoms with Crippen LogP contribution in [0.25, 0.3) is 6.08 Å². The lowest BCUT2D eigenvalue weighted by Gasteiger charge is -2.36. The maximum Gasteiger partial charge on any atom is 0.413 e. The Labute approximate surface area is 124 Å². The summed E-state index contributed by atoms with van der Waals surface area (Å²) in [6, 6.07) is 2.48. The predicted molar refractivity (Wildman–Crippen MR) is 74.3 cm³/mol. The molecule has 3 nitrogen and oxygen atoms in total. The fourth-order valence-corrected chi connectivity index (χ4v) is 2.52. The molecule has 0 bridgehead atoms. The van der Waals surface area contributed by atoms with Crippen LogP contribution in [0, 0.1) is 0 Å². The van der Waals surface area contributed by atoms with Gasteiger partial charge in [0.25, 0.3) is 0 Å². The van der Waals surface area contributed by atoms with Crippen molar-refractivity contribution in [2.75, 3.05) is 18.6 Å². The van der Waals surface area contributed by atoms with E-state index >= 15 is 0 Å². The van der Waals surface area contributed by atoms with E-state index in [0.29, 0.717) is 16.3 Å². The van der Waals surface area contributed by atoms with Gasteiger partial charge in [0.05, 0.1) is 12.2 Å². The maximum absolute atomic E-state index is 13.3. The number of fused-ring (bicyclic) bond motifs is 1. The summed E-state index contributed by atoms with van der Waals surface area (Å²) in [5, 5.41) is 0.382. The van der Waals surface area contributed by atoms with Gasteiger partial charge in [-0.2, -0.15) is 13.2 Å². The van der Waals surface area contributed by atoms with Crippen LogP contribution in [0.4, 0.5) is 18.9 Å². The minimum atomic E-state index is -4.59. The van der Waals surface area contributed by atoms with Gasteiger partial charge < -0.3 is 9.64 Å². The summed E-state index contributed by atoms with van der Waals surface area (Å²) >= 11 is 5.85. The smallest absolute Gasteiger partial charge is 0.413 e. The molecule has 0 saturated carbocycles. The van der Waals surface area contributed by atoms with Crippen molar-refractivity contribution in [2.45, 2.75) is 19.1 Å². The molecule has 0 aliphatic carbocycles. The molecule has 1 aromatic rings. The molecule has 1 unspecified atom stereocenters. The van der Waals surface area contributed by atoms with Crippen molar-refractivity contribution >= 4 is 29.3 Å². The summed E-state index contributed by atoms with van der Waals surface area (Å²) in [5.74, 6) is -0.975. The van der Waals surface area contributed by atoms with Crippen molar-refractivity contribution in [2.24, 2.45) is 0 Å². The minimum Gasteiger partial charge on any atom is -0.463 e. The first-order valence-corrected chi connectivity index (χ1v) is 6.61. The van der Waals surface area contributed by atoms with Crippen LogP contribution in [0.5, 0.6) is 0 Å². The van der Waals surface area contributed by atoms with Crippen molar-refractivity contribution in [1.82, 2.24) is 0 Å². The number of nitrogens with zero attached hydrogens (tertiary/aromatic N) is 1. The zero-order valence-electron chi connectivity index (χ0n) is 11.4. The number of halogens is 4. The summed E-state index contributed by atoms with van der Waals surface area (Å²) in [6.07, 6.45) is -3.40. The standard InChI is InChI=1S/C14H13ClF3NO2/c1-3-21-13(20)10-7-8-6-9(15)4-5-11(8)19(2)12(10)14(16,17)18/h4-7,12H,3H2,1-2H3. The Bertz CT molecular complexity index is 598. The Balaban J connectivity index is 2.58. The molecule has 2 rings (SSSR count). The Hall–Kier alpha value is -1.69. The number of benzene rings is 1. The summed E-state index contributed by atoms with van der Waals surface area (Å²) < 4.78 is 44.6. The zero-order chi connectivity index (χ0) is 15.8. The number of rotatable bonds is 2. The largest absolute Gasteiger partial charge is 0.463 e. The molecule has 0 fully saturated rings.